The molecule has 0 unspecified atom stereocenters. The minimum absolute atomic E-state index is 0.636. The van der Waals surface area contributed by atoms with Crippen molar-refractivity contribution >= 4 is 17.3 Å². The SMILES string of the molecule is O=Cc1ccc2ncn(-c3cccc(OCCN4CCOCC4)c3)c2c1. The Bertz CT molecular complexity index is 900. The summed E-state index contributed by atoms with van der Waals surface area (Å²) in [6.45, 7) is 5.05. The van der Waals surface area contributed by atoms with Crippen molar-refractivity contribution in [3.63, 3.8) is 0 Å². The van der Waals surface area contributed by atoms with E-state index in [0.29, 0.717) is 12.2 Å². The van der Waals surface area contributed by atoms with Crippen LogP contribution in [-0.2, 0) is 4.74 Å². The Kier molecular flexibility index (Phi) is 4.95. The molecule has 3 aromatic rings. The van der Waals surface area contributed by atoms with Gasteiger partial charge in [0.25, 0.3) is 0 Å². The van der Waals surface area contributed by atoms with Crippen LogP contribution < -0.4 is 4.74 Å². The molecule has 0 aliphatic carbocycles. The van der Waals surface area contributed by atoms with E-state index in [4.69, 9.17) is 9.47 Å². The Morgan fingerprint density at radius 2 is 2.04 bits per heavy atom. The summed E-state index contributed by atoms with van der Waals surface area (Å²) >= 11 is 0. The fourth-order valence-electron chi connectivity index (χ4n) is 3.14. The van der Waals surface area contributed by atoms with Gasteiger partial charge in [-0.15, -0.1) is 0 Å². The van der Waals surface area contributed by atoms with E-state index in [2.05, 4.69) is 9.88 Å². The number of fused-ring (bicyclic) bond motifs is 1. The number of aromatic nitrogens is 2. The Labute approximate surface area is 152 Å². The van der Waals surface area contributed by atoms with Gasteiger partial charge >= 0.3 is 0 Å². The van der Waals surface area contributed by atoms with Gasteiger partial charge in [-0.05, 0) is 30.3 Å². The van der Waals surface area contributed by atoms with Gasteiger partial charge in [-0.1, -0.05) is 6.07 Å². The highest BCUT2D eigenvalue weighted by Gasteiger charge is 2.10. The maximum absolute atomic E-state index is 11.1. The standard InChI is InChI=1S/C20H21N3O3/c24-14-16-4-5-19-20(12-16)23(15-21-19)17-2-1-3-18(13-17)26-11-8-22-6-9-25-10-7-22/h1-5,12-15H,6-11H2. The van der Waals surface area contributed by atoms with Crippen molar-refractivity contribution in [3.8, 4) is 11.4 Å². The molecular weight excluding hydrogens is 330 g/mol. The fraction of sp³-hybridized carbons (Fsp3) is 0.300. The second-order valence-electron chi connectivity index (χ2n) is 6.28. The zero-order valence-corrected chi connectivity index (χ0v) is 14.5. The van der Waals surface area contributed by atoms with Crippen LogP contribution in [0.15, 0.2) is 48.8 Å². The molecule has 0 saturated carbocycles. The normalized spacial score (nSPS) is 15.2. The van der Waals surface area contributed by atoms with Crippen LogP contribution in [0.3, 0.4) is 0 Å². The number of aldehydes is 1. The van der Waals surface area contributed by atoms with E-state index in [9.17, 15) is 4.79 Å². The lowest BCUT2D eigenvalue weighted by Crippen LogP contribution is -2.38. The summed E-state index contributed by atoms with van der Waals surface area (Å²) in [6.07, 6.45) is 2.62. The van der Waals surface area contributed by atoms with Gasteiger partial charge in [-0.3, -0.25) is 14.3 Å². The topological polar surface area (TPSA) is 56.6 Å². The van der Waals surface area contributed by atoms with Gasteiger partial charge in [0.15, 0.2) is 0 Å². The molecule has 2 aromatic carbocycles. The van der Waals surface area contributed by atoms with Crippen molar-refractivity contribution in [3.05, 3.63) is 54.4 Å². The van der Waals surface area contributed by atoms with E-state index in [1.165, 1.54) is 0 Å². The summed E-state index contributed by atoms with van der Waals surface area (Å²) in [5.41, 5.74) is 3.35. The van der Waals surface area contributed by atoms with Crippen molar-refractivity contribution in [1.29, 1.82) is 0 Å². The average Bonchev–Trinajstić information content (AvgIpc) is 3.12. The van der Waals surface area contributed by atoms with Gasteiger partial charge in [0.1, 0.15) is 25.0 Å². The van der Waals surface area contributed by atoms with Gasteiger partial charge in [-0.25, -0.2) is 4.98 Å². The third kappa shape index (κ3) is 3.61. The zero-order chi connectivity index (χ0) is 17.8. The van der Waals surface area contributed by atoms with E-state index in [1.54, 1.807) is 12.4 Å². The van der Waals surface area contributed by atoms with Crippen LogP contribution >= 0.6 is 0 Å². The highest BCUT2D eigenvalue weighted by Crippen LogP contribution is 2.22. The molecule has 0 atom stereocenters. The van der Waals surface area contributed by atoms with Crippen LogP contribution in [-0.4, -0.2) is 60.2 Å². The summed E-state index contributed by atoms with van der Waals surface area (Å²) in [5, 5.41) is 0. The molecule has 1 aliphatic rings. The van der Waals surface area contributed by atoms with E-state index in [-0.39, 0.29) is 0 Å². The molecule has 134 valence electrons. The molecule has 0 bridgehead atoms. The molecule has 0 spiro atoms. The maximum atomic E-state index is 11.1. The molecule has 4 rings (SSSR count). The molecule has 1 aliphatic heterocycles. The van der Waals surface area contributed by atoms with Gasteiger partial charge in [-0.2, -0.15) is 0 Å². The lowest BCUT2D eigenvalue weighted by molar-refractivity contribution is 0.0322. The second-order valence-corrected chi connectivity index (χ2v) is 6.28. The molecule has 6 nitrogen and oxygen atoms in total. The predicted octanol–water partition coefficient (Wildman–Crippen LogP) is 2.55. The number of carbonyl (C=O) groups excluding carboxylic acids is 1. The molecular formula is C20H21N3O3. The summed E-state index contributed by atoms with van der Waals surface area (Å²) in [7, 11) is 0. The van der Waals surface area contributed by atoms with Crippen molar-refractivity contribution in [2.75, 3.05) is 39.5 Å². The number of morpholine rings is 1. The lowest BCUT2D eigenvalue weighted by atomic mass is 10.2. The first kappa shape index (κ1) is 16.8. The quantitative estimate of drug-likeness (QED) is 0.639. The lowest BCUT2D eigenvalue weighted by Gasteiger charge is -2.26. The molecule has 1 aromatic heterocycles. The minimum Gasteiger partial charge on any atom is -0.492 e. The van der Waals surface area contributed by atoms with Crippen LogP contribution in [0.25, 0.3) is 16.7 Å². The maximum Gasteiger partial charge on any atom is 0.150 e. The smallest absolute Gasteiger partial charge is 0.150 e. The molecule has 0 N–H and O–H groups in total. The van der Waals surface area contributed by atoms with Crippen molar-refractivity contribution < 1.29 is 14.3 Å². The van der Waals surface area contributed by atoms with Gasteiger partial charge in [0, 0.05) is 31.3 Å². The summed E-state index contributed by atoms with van der Waals surface area (Å²) < 4.78 is 13.3. The summed E-state index contributed by atoms with van der Waals surface area (Å²) in [6, 6.07) is 13.4. The highest BCUT2D eigenvalue weighted by atomic mass is 16.5. The highest BCUT2D eigenvalue weighted by molar-refractivity contribution is 5.85. The molecule has 2 heterocycles. The van der Waals surface area contributed by atoms with Crippen LogP contribution in [0.2, 0.25) is 0 Å². The van der Waals surface area contributed by atoms with Gasteiger partial charge in [0.2, 0.25) is 0 Å². The molecule has 1 fully saturated rings. The summed E-state index contributed by atoms with van der Waals surface area (Å²) in [4.78, 5) is 17.8. The largest absolute Gasteiger partial charge is 0.492 e. The second kappa shape index (κ2) is 7.68. The molecule has 6 heteroatoms. The molecule has 26 heavy (non-hydrogen) atoms. The Balaban J connectivity index is 1.49. The number of rotatable bonds is 6. The van der Waals surface area contributed by atoms with Crippen molar-refractivity contribution in [2.45, 2.75) is 0 Å². The molecule has 0 radical (unpaired) electrons. The van der Waals surface area contributed by atoms with Crippen molar-refractivity contribution in [1.82, 2.24) is 14.5 Å². The van der Waals surface area contributed by atoms with Crippen molar-refractivity contribution in [2.24, 2.45) is 0 Å². The first-order chi connectivity index (χ1) is 12.8. The third-order valence-corrected chi connectivity index (χ3v) is 4.58. The van der Waals surface area contributed by atoms with Crippen LogP contribution in [0.4, 0.5) is 0 Å². The van der Waals surface area contributed by atoms with Crippen LogP contribution in [0.5, 0.6) is 5.75 Å². The van der Waals surface area contributed by atoms with Crippen LogP contribution in [0.1, 0.15) is 10.4 Å². The van der Waals surface area contributed by atoms with Gasteiger partial charge in [0.05, 0.1) is 29.9 Å². The minimum atomic E-state index is 0.636. The Morgan fingerprint density at radius 1 is 1.15 bits per heavy atom. The molecule has 0 amide bonds. The zero-order valence-electron chi connectivity index (χ0n) is 14.5. The number of hydrogen-bond donors (Lipinski definition) is 0. The third-order valence-electron chi connectivity index (χ3n) is 4.58. The number of nitrogens with zero attached hydrogens (tertiary/aromatic N) is 3. The Morgan fingerprint density at radius 3 is 2.88 bits per heavy atom. The van der Waals surface area contributed by atoms with E-state index in [1.807, 2.05) is 41.0 Å². The number of hydrogen-bond acceptors (Lipinski definition) is 5. The van der Waals surface area contributed by atoms with E-state index < -0.39 is 0 Å². The monoisotopic (exact) mass is 351 g/mol. The number of imidazole rings is 1. The first-order valence-corrected chi connectivity index (χ1v) is 8.79. The molecule has 1 saturated heterocycles. The number of carbonyl (C=O) groups is 1. The van der Waals surface area contributed by atoms with E-state index >= 15 is 0 Å². The average molecular weight is 351 g/mol. The fourth-order valence-corrected chi connectivity index (χ4v) is 3.14. The van der Waals surface area contributed by atoms with Gasteiger partial charge < -0.3 is 9.47 Å². The van der Waals surface area contributed by atoms with Crippen LogP contribution in [0, 0.1) is 0 Å². The van der Waals surface area contributed by atoms with E-state index in [0.717, 1.165) is 61.6 Å². The predicted molar refractivity (Wildman–Crippen MR) is 99.2 cm³/mol. The summed E-state index contributed by atoms with van der Waals surface area (Å²) in [5.74, 6) is 0.823. The first-order valence-electron chi connectivity index (χ1n) is 8.79. The Hall–Kier alpha value is -2.70. The number of benzene rings is 2. The number of ether oxygens (including phenoxy) is 2.